The van der Waals surface area contributed by atoms with E-state index in [-0.39, 0.29) is 5.82 Å². The molecule has 1 atom stereocenters. The monoisotopic (exact) mass is 204 g/mol. The predicted octanol–water partition coefficient (Wildman–Crippen LogP) is 3.22. The summed E-state index contributed by atoms with van der Waals surface area (Å²) >= 11 is 0. The molecule has 0 radical (unpaired) electrons. The Morgan fingerprint density at radius 2 is 2.20 bits per heavy atom. The van der Waals surface area contributed by atoms with E-state index in [0.717, 1.165) is 23.3 Å². The number of hydrogen-bond acceptors (Lipinski definition) is 1. The van der Waals surface area contributed by atoms with Crippen LogP contribution in [0, 0.1) is 11.2 Å². The second-order valence-corrected chi connectivity index (χ2v) is 5.03. The summed E-state index contributed by atoms with van der Waals surface area (Å²) in [5.74, 6) is 1.29. The van der Waals surface area contributed by atoms with Crippen LogP contribution in [0.25, 0.3) is 11.0 Å². The molecule has 0 amide bonds. The van der Waals surface area contributed by atoms with Crippen LogP contribution in [-0.4, -0.2) is 9.97 Å². The number of nitrogens with one attached hydrogen (secondary N) is 1. The van der Waals surface area contributed by atoms with E-state index >= 15 is 0 Å². The van der Waals surface area contributed by atoms with Crippen molar-refractivity contribution >= 4 is 11.0 Å². The maximum absolute atomic E-state index is 13.0. The molecule has 1 aliphatic carbocycles. The van der Waals surface area contributed by atoms with E-state index in [2.05, 4.69) is 23.8 Å². The molecule has 1 aliphatic rings. The van der Waals surface area contributed by atoms with E-state index in [1.807, 2.05) is 0 Å². The lowest BCUT2D eigenvalue weighted by Gasteiger charge is -1.97. The lowest BCUT2D eigenvalue weighted by atomic mass is 10.1. The topological polar surface area (TPSA) is 28.7 Å². The molecule has 2 nitrogen and oxygen atoms in total. The van der Waals surface area contributed by atoms with Gasteiger partial charge in [-0.3, -0.25) is 0 Å². The van der Waals surface area contributed by atoms with Gasteiger partial charge >= 0.3 is 0 Å². The van der Waals surface area contributed by atoms with Crippen molar-refractivity contribution in [3.63, 3.8) is 0 Å². The van der Waals surface area contributed by atoms with Crippen molar-refractivity contribution in [1.29, 1.82) is 0 Å². The van der Waals surface area contributed by atoms with Crippen LogP contribution in [0.3, 0.4) is 0 Å². The summed E-state index contributed by atoms with van der Waals surface area (Å²) in [6.07, 6.45) is 1.16. The summed E-state index contributed by atoms with van der Waals surface area (Å²) in [5.41, 5.74) is 2.01. The first-order valence-corrected chi connectivity index (χ1v) is 5.21. The van der Waals surface area contributed by atoms with Crippen LogP contribution in [0.1, 0.15) is 32.0 Å². The highest BCUT2D eigenvalue weighted by atomic mass is 19.1. The molecule has 1 fully saturated rings. The van der Waals surface area contributed by atoms with E-state index in [0.29, 0.717) is 11.3 Å². The molecule has 3 heteroatoms. The number of imidazole rings is 1. The zero-order valence-electron chi connectivity index (χ0n) is 8.84. The molecule has 1 aromatic heterocycles. The van der Waals surface area contributed by atoms with Crippen molar-refractivity contribution in [2.75, 3.05) is 0 Å². The normalized spacial score (nSPS) is 23.3. The van der Waals surface area contributed by atoms with Gasteiger partial charge in [-0.1, -0.05) is 13.8 Å². The van der Waals surface area contributed by atoms with Crippen LogP contribution >= 0.6 is 0 Å². The van der Waals surface area contributed by atoms with Gasteiger partial charge in [0.25, 0.3) is 0 Å². The molecule has 1 aromatic carbocycles. The lowest BCUT2D eigenvalue weighted by molar-refractivity contribution is 0.611. The zero-order valence-corrected chi connectivity index (χ0v) is 8.84. The van der Waals surface area contributed by atoms with Crippen molar-refractivity contribution in [3.8, 4) is 0 Å². The van der Waals surface area contributed by atoms with Crippen molar-refractivity contribution in [2.45, 2.75) is 26.2 Å². The number of fused-ring (bicyclic) bond motifs is 1. The van der Waals surface area contributed by atoms with Gasteiger partial charge in [-0.05, 0) is 30.0 Å². The number of benzene rings is 1. The highest BCUT2D eigenvalue weighted by Crippen LogP contribution is 2.57. The fraction of sp³-hybridized carbons (Fsp3) is 0.417. The van der Waals surface area contributed by atoms with Crippen molar-refractivity contribution in [3.05, 3.63) is 29.8 Å². The number of halogens is 1. The SMILES string of the molecule is CC1(C)CC1c1nc2ccc(F)cc2[nH]1. The van der Waals surface area contributed by atoms with Crippen molar-refractivity contribution < 1.29 is 4.39 Å². The van der Waals surface area contributed by atoms with Crippen LogP contribution < -0.4 is 0 Å². The molecule has 1 heterocycles. The van der Waals surface area contributed by atoms with Gasteiger partial charge in [0.05, 0.1) is 11.0 Å². The van der Waals surface area contributed by atoms with E-state index in [1.54, 1.807) is 6.07 Å². The van der Waals surface area contributed by atoms with Crippen molar-refractivity contribution in [1.82, 2.24) is 9.97 Å². The van der Waals surface area contributed by atoms with E-state index < -0.39 is 0 Å². The predicted molar refractivity (Wildman–Crippen MR) is 57.2 cm³/mol. The van der Waals surface area contributed by atoms with E-state index in [9.17, 15) is 4.39 Å². The van der Waals surface area contributed by atoms with Gasteiger partial charge in [-0.15, -0.1) is 0 Å². The Labute approximate surface area is 87.5 Å². The Morgan fingerprint density at radius 1 is 1.47 bits per heavy atom. The molecule has 15 heavy (non-hydrogen) atoms. The maximum atomic E-state index is 13.0. The average molecular weight is 204 g/mol. The molecule has 1 unspecified atom stereocenters. The molecule has 3 rings (SSSR count). The molecule has 0 saturated heterocycles. The quantitative estimate of drug-likeness (QED) is 0.759. The fourth-order valence-electron chi connectivity index (χ4n) is 2.10. The molecule has 0 spiro atoms. The molecule has 0 bridgehead atoms. The van der Waals surface area contributed by atoms with Gasteiger partial charge in [-0.2, -0.15) is 0 Å². The molecule has 0 aliphatic heterocycles. The fourth-order valence-corrected chi connectivity index (χ4v) is 2.10. The van der Waals surface area contributed by atoms with Gasteiger partial charge in [0, 0.05) is 5.92 Å². The summed E-state index contributed by atoms with van der Waals surface area (Å²) in [4.78, 5) is 7.69. The Kier molecular flexibility index (Phi) is 1.54. The number of aromatic nitrogens is 2. The summed E-state index contributed by atoms with van der Waals surface area (Å²) in [6, 6.07) is 4.67. The summed E-state index contributed by atoms with van der Waals surface area (Å²) in [5, 5.41) is 0. The first-order valence-electron chi connectivity index (χ1n) is 5.21. The molecule has 2 aromatic rings. The second kappa shape index (κ2) is 2.60. The van der Waals surface area contributed by atoms with Gasteiger partial charge in [0.1, 0.15) is 11.6 Å². The molecule has 78 valence electrons. The molecular formula is C12H13FN2. The number of nitrogens with zero attached hydrogens (tertiary/aromatic N) is 1. The Hall–Kier alpha value is -1.38. The van der Waals surface area contributed by atoms with Gasteiger partial charge in [0.2, 0.25) is 0 Å². The van der Waals surface area contributed by atoms with Crippen molar-refractivity contribution in [2.24, 2.45) is 5.41 Å². The Morgan fingerprint density at radius 3 is 2.87 bits per heavy atom. The first-order chi connectivity index (χ1) is 7.06. The minimum absolute atomic E-state index is 0.215. The van der Waals surface area contributed by atoms with Gasteiger partial charge < -0.3 is 4.98 Å². The largest absolute Gasteiger partial charge is 0.342 e. The first kappa shape index (κ1) is 8.89. The minimum atomic E-state index is -0.215. The standard InChI is InChI=1S/C12H13FN2/c1-12(2)6-8(12)11-14-9-4-3-7(13)5-10(9)15-11/h3-5,8H,6H2,1-2H3,(H,14,15). The van der Waals surface area contributed by atoms with E-state index in [4.69, 9.17) is 0 Å². The van der Waals surface area contributed by atoms with Crippen LogP contribution in [0.5, 0.6) is 0 Å². The summed E-state index contributed by atoms with van der Waals surface area (Å²) < 4.78 is 13.0. The van der Waals surface area contributed by atoms with Crippen LogP contribution in [0.2, 0.25) is 0 Å². The highest BCUT2D eigenvalue weighted by molar-refractivity contribution is 5.75. The third kappa shape index (κ3) is 1.34. The van der Waals surface area contributed by atoms with E-state index in [1.165, 1.54) is 12.1 Å². The summed E-state index contributed by atoms with van der Waals surface area (Å²) in [7, 11) is 0. The van der Waals surface area contributed by atoms with Gasteiger partial charge in [0.15, 0.2) is 0 Å². The van der Waals surface area contributed by atoms with Crippen LogP contribution in [0.15, 0.2) is 18.2 Å². The summed E-state index contributed by atoms with van der Waals surface area (Å²) in [6.45, 7) is 4.46. The smallest absolute Gasteiger partial charge is 0.125 e. The Bertz CT molecular complexity index is 527. The molecular weight excluding hydrogens is 191 g/mol. The molecule has 1 saturated carbocycles. The third-order valence-corrected chi connectivity index (χ3v) is 3.31. The number of hydrogen-bond donors (Lipinski definition) is 1. The number of rotatable bonds is 1. The number of H-pyrrole nitrogens is 1. The van der Waals surface area contributed by atoms with Crippen LogP contribution in [0.4, 0.5) is 4.39 Å². The Balaban J connectivity index is 2.08. The minimum Gasteiger partial charge on any atom is -0.342 e. The van der Waals surface area contributed by atoms with Gasteiger partial charge in [-0.25, -0.2) is 9.37 Å². The maximum Gasteiger partial charge on any atom is 0.125 e. The van der Waals surface area contributed by atoms with Crippen LogP contribution in [-0.2, 0) is 0 Å². The third-order valence-electron chi connectivity index (χ3n) is 3.31. The number of aromatic amines is 1. The zero-order chi connectivity index (χ0) is 10.6. The molecule has 1 N–H and O–H groups in total. The highest BCUT2D eigenvalue weighted by Gasteiger charge is 2.48. The average Bonchev–Trinajstić information content (AvgIpc) is 2.63. The lowest BCUT2D eigenvalue weighted by Crippen LogP contribution is -1.91. The second-order valence-electron chi connectivity index (χ2n) is 5.03.